The number of para-hydroxylation sites is 1. The zero-order valence-corrected chi connectivity index (χ0v) is 17.1. The van der Waals surface area contributed by atoms with E-state index < -0.39 is 0 Å². The predicted octanol–water partition coefficient (Wildman–Crippen LogP) is 3.04. The molecule has 6 nitrogen and oxygen atoms in total. The molecular formula is C24H25N3O3. The van der Waals surface area contributed by atoms with E-state index in [2.05, 4.69) is 0 Å². The smallest absolute Gasteiger partial charge is 0.250 e. The normalized spacial score (nSPS) is 20.2. The third-order valence-electron chi connectivity index (χ3n) is 6.57. The van der Waals surface area contributed by atoms with Crippen LogP contribution in [0.1, 0.15) is 41.7 Å². The number of rotatable bonds is 4. The third-order valence-corrected chi connectivity index (χ3v) is 6.57. The highest BCUT2D eigenvalue weighted by Gasteiger charge is 2.36. The Morgan fingerprint density at radius 1 is 1.03 bits per heavy atom. The van der Waals surface area contributed by atoms with E-state index in [0.29, 0.717) is 44.1 Å². The van der Waals surface area contributed by atoms with E-state index in [1.54, 1.807) is 13.0 Å². The van der Waals surface area contributed by atoms with Crippen molar-refractivity contribution in [1.82, 2.24) is 14.0 Å². The van der Waals surface area contributed by atoms with Gasteiger partial charge in [0.25, 0.3) is 5.56 Å². The fraction of sp³-hybridized carbons (Fsp3) is 0.375. The number of nitrogens with zero attached hydrogens (tertiary/aromatic N) is 3. The molecule has 1 aromatic carbocycles. The van der Waals surface area contributed by atoms with Gasteiger partial charge in [0, 0.05) is 72.9 Å². The lowest BCUT2D eigenvalue weighted by Crippen LogP contribution is -2.49. The van der Waals surface area contributed by atoms with Crippen molar-refractivity contribution in [3.63, 3.8) is 0 Å². The summed E-state index contributed by atoms with van der Waals surface area (Å²) >= 11 is 0. The van der Waals surface area contributed by atoms with E-state index >= 15 is 0 Å². The Balaban J connectivity index is 1.32. The fourth-order valence-corrected chi connectivity index (χ4v) is 5.19. The van der Waals surface area contributed by atoms with Crippen LogP contribution in [0.15, 0.2) is 53.5 Å². The monoisotopic (exact) mass is 403 g/mol. The van der Waals surface area contributed by atoms with Crippen molar-refractivity contribution < 1.29 is 9.59 Å². The molecule has 0 spiro atoms. The quantitative estimate of drug-likeness (QED) is 0.629. The van der Waals surface area contributed by atoms with Gasteiger partial charge in [-0.25, -0.2) is 0 Å². The topological polar surface area (TPSA) is 64.3 Å². The van der Waals surface area contributed by atoms with Gasteiger partial charge >= 0.3 is 0 Å². The number of aromatic nitrogens is 2. The Labute approximate surface area is 174 Å². The average molecular weight is 403 g/mol. The van der Waals surface area contributed by atoms with Crippen molar-refractivity contribution in [3.8, 4) is 0 Å². The number of likely N-dealkylation sites (tertiary alicyclic amines) is 1. The summed E-state index contributed by atoms with van der Waals surface area (Å²) in [5.41, 5.74) is 2.80. The van der Waals surface area contributed by atoms with E-state index in [9.17, 15) is 14.4 Å². The van der Waals surface area contributed by atoms with E-state index in [1.165, 1.54) is 0 Å². The molecule has 1 fully saturated rings. The number of amides is 1. The number of carbonyl (C=O) groups excluding carboxylic acids is 2. The van der Waals surface area contributed by atoms with E-state index in [0.717, 1.165) is 23.0 Å². The lowest BCUT2D eigenvalue weighted by atomic mass is 9.83. The summed E-state index contributed by atoms with van der Waals surface area (Å²) in [5.74, 6) is 0.733. The molecule has 0 unspecified atom stereocenters. The summed E-state index contributed by atoms with van der Waals surface area (Å²) in [7, 11) is 0. The number of hydrogen-bond donors (Lipinski definition) is 0. The second kappa shape index (κ2) is 7.27. The minimum absolute atomic E-state index is 0.0361. The highest BCUT2D eigenvalue weighted by Crippen LogP contribution is 2.35. The number of hydrogen-bond acceptors (Lipinski definition) is 3. The number of ketones is 1. The first kappa shape index (κ1) is 18.9. The van der Waals surface area contributed by atoms with Gasteiger partial charge in [0.05, 0.1) is 0 Å². The number of aryl methyl sites for hydroxylation is 1. The Kier molecular flexibility index (Phi) is 4.57. The van der Waals surface area contributed by atoms with E-state index in [1.807, 2.05) is 56.6 Å². The molecule has 154 valence electrons. The minimum atomic E-state index is 0.0361. The van der Waals surface area contributed by atoms with Crippen LogP contribution >= 0.6 is 0 Å². The van der Waals surface area contributed by atoms with Crippen LogP contribution in [0.2, 0.25) is 0 Å². The van der Waals surface area contributed by atoms with Crippen molar-refractivity contribution >= 4 is 22.6 Å². The number of carbonyl (C=O) groups is 2. The van der Waals surface area contributed by atoms with Crippen LogP contribution in [0.4, 0.5) is 0 Å². The van der Waals surface area contributed by atoms with Crippen LogP contribution in [0.5, 0.6) is 0 Å². The summed E-state index contributed by atoms with van der Waals surface area (Å²) < 4.78 is 3.90. The van der Waals surface area contributed by atoms with Crippen molar-refractivity contribution in [3.05, 3.63) is 70.3 Å². The Morgan fingerprint density at radius 3 is 2.70 bits per heavy atom. The molecule has 2 atom stereocenters. The summed E-state index contributed by atoms with van der Waals surface area (Å²) in [6.45, 7) is 4.20. The molecule has 2 bridgehead atoms. The van der Waals surface area contributed by atoms with Gasteiger partial charge < -0.3 is 14.0 Å². The molecule has 2 aromatic heterocycles. The Morgan fingerprint density at radius 2 is 1.87 bits per heavy atom. The lowest BCUT2D eigenvalue weighted by molar-refractivity contribution is -0.134. The first-order valence-corrected chi connectivity index (χ1v) is 10.6. The lowest BCUT2D eigenvalue weighted by Gasteiger charge is -2.42. The maximum absolute atomic E-state index is 13.0. The summed E-state index contributed by atoms with van der Waals surface area (Å²) in [6, 6.07) is 13.3. The maximum Gasteiger partial charge on any atom is 0.250 e. The molecule has 2 aliphatic heterocycles. The Bertz CT molecular complexity index is 1210. The molecule has 3 aromatic rings. The van der Waals surface area contributed by atoms with Gasteiger partial charge in [-0.2, -0.15) is 0 Å². The molecule has 6 heteroatoms. The van der Waals surface area contributed by atoms with Crippen molar-refractivity contribution in [2.75, 3.05) is 13.1 Å². The molecule has 1 saturated heterocycles. The van der Waals surface area contributed by atoms with Gasteiger partial charge in [-0.15, -0.1) is 0 Å². The fourth-order valence-electron chi connectivity index (χ4n) is 5.19. The van der Waals surface area contributed by atoms with Gasteiger partial charge in [-0.3, -0.25) is 14.4 Å². The summed E-state index contributed by atoms with van der Waals surface area (Å²) in [6.07, 6.45) is 3.31. The standard InChI is InChI=1S/C24H25N3O3/c1-16(28)20-15-25(22-6-3-2-5-19(20)22)10-9-23(29)26-12-17-11-18(14-26)21-7-4-8-24(30)27(21)13-17/h2-8,15,17-18H,9-14H2,1H3/t17-,18+/m1/s1. The van der Waals surface area contributed by atoms with Crippen LogP contribution < -0.4 is 5.56 Å². The number of fused-ring (bicyclic) bond motifs is 5. The Hall–Kier alpha value is -3.15. The van der Waals surface area contributed by atoms with Gasteiger partial charge in [0.1, 0.15) is 0 Å². The van der Waals surface area contributed by atoms with Crippen LogP contribution in [0, 0.1) is 5.92 Å². The molecule has 30 heavy (non-hydrogen) atoms. The number of piperidine rings is 1. The molecular weight excluding hydrogens is 378 g/mol. The van der Waals surface area contributed by atoms with Gasteiger partial charge in [-0.05, 0) is 31.4 Å². The first-order chi connectivity index (χ1) is 14.5. The number of pyridine rings is 1. The summed E-state index contributed by atoms with van der Waals surface area (Å²) in [4.78, 5) is 39.2. The average Bonchev–Trinajstić information content (AvgIpc) is 3.12. The predicted molar refractivity (Wildman–Crippen MR) is 115 cm³/mol. The first-order valence-electron chi connectivity index (χ1n) is 10.6. The SMILES string of the molecule is CC(=O)c1cn(CCC(=O)N2C[C@H]3C[C@@H](C2)c2cccc(=O)n2C3)c2ccccc12. The van der Waals surface area contributed by atoms with Crippen molar-refractivity contribution in [1.29, 1.82) is 0 Å². The van der Waals surface area contributed by atoms with Crippen LogP contribution in [0.3, 0.4) is 0 Å². The minimum Gasteiger partial charge on any atom is -0.346 e. The van der Waals surface area contributed by atoms with Gasteiger partial charge in [0.15, 0.2) is 5.78 Å². The molecule has 0 radical (unpaired) electrons. The third kappa shape index (κ3) is 3.16. The molecule has 5 rings (SSSR count). The largest absolute Gasteiger partial charge is 0.346 e. The highest BCUT2D eigenvalue weighted by atomic mass is 16.2. The van der Waals surface area contributed by atoms with Crippen LogP contribution in [0.25, 0.3) is 10.9 Å². The molecule has 0 N–H and O–H groups in total. The maximum atomic E-state index is 13.0. The van der Waals surface area contributed by atoms with Gasteiger partial charge in [-0.1, -0.05) is 24.3 Å². The molecule has 0 saturated carbocycles. The van der Waals surface area contributed by atoms with Gasteiger partial charge in [0.2, 0.25) is 5.91 Å². The van der Waals surface area contributed by atoms with Crippen LogP contribution in [-0.4, -0.2) is 38.8 Å². The molecule has 0 aliphatic carbocycles. The van der Waals surface area contributed by atoms with E-state index in [4.69, 9.17) is 0 Å². The zero-order chi connectivity index (χ0) is 20.8. The molecule has 1 amide bonds. The van der Waals surface area contributed by atoms with Crippen LogP contribution in [-0.2, 0) is 17.9 Å². The van der Waals surface area contributed by atoms with E-state index in [-0.39, 0.29) is 23.2 Å². The number of Topliss-reactive ketones (excluding diaryl/α,β-unsaturated/α-hetero) is 1. The number of benzene rings is 1. The molecule has 2 aliphatic rings. The zero-order valence-electron chi connectivity index (χ0n) is 17.1. The highest BCUT2D eigenvalue weighted by molar-refractivity contribution is 6.07. The second-order valence-corrected chi connectivity index (χ2v) is 8.56. The van der Waals surface area contributed by atoms with Crippen molar-refractivity contribution in [2.45, 2.75) is 38.8 Å². The molecule has 4 heterocycles. The van der Waals surface area contributed by atoms with Crippen molar-refractivity contribution in [2.24, 2.45) is 5.92 Å². The second-order valence-electron chi connectivity index (χ2n) is 8.56. The summed E-state index contributed by atoms with van der Waals surface area (Å²) in [5, 5.41) is 0.937.